The van der Waals surface area contributed by atoms with E-state index in [0.29, 0.717) is 6.04 Å². The Bertz CT molecular complexity index is 431. The van der Waals surface area contributed by atoms with Crippen LogP contribution in [0.15, 0.2) is 10.5 Å². The summed E-state index contributed by atoms with van der Waals surface area (Å²) in [4.78, 5) is 0. The normalized spacial score (nSPS) is 19.2. The standard InChI is InChI=1S/C15H22BrNO/c1-4-17-12-8-6-5-7-11-13(18-3)9-10(2)15(16)14(11)12/h9,12,17H,4-8H2,1-3H3. The highest BCUT2D eigenvalue weighted by Gasteiger charge is 2.24. The zero-order chi connectivity index (χ0) is 13.1. The summed E-state index contributed by atoms with van der Waals surface area (Å²) in [6.07, 6.45) is 4.87. The first-order chi connectivity index (χ1) is 8.69. The molecule has 0 aromatic heterocycles. The number of benzene rings is 1. The number of methoxy groups -OCH3 is 1. The van der Waals surface area contributed by atoms with Crippen LogP contribution in [0.3, 0.4) is 0 Å². The van der Waals surface area contributed by atoms with E-state index in [0.717, 1.165) is 18.7 Å². The van der Waals surface area contributed by atoms with Crippen LogP contribution in [0.25, 0.3) is 0 Å². The molecule has 0 bridgehead atoms. The largest absolute Gasteiger partial charge is 0.496 e. The molecule has 1 unspecified atom stereocenters. The molecule has 1 N–H and O–H groups in total. The molecular weight excluding hydrogens is 290 g/mol. The molecule has 1 atom stereocenters. The lowest BCUT2D eigenvalue weighted by molar-refractivity contribution is 0.407. The van der Waals surface area contributed by atoms with Crippen LogP contribution in [0.5, 0.6) is 5.75 Å². The number of aryl methyl sites for hydroxylation is 1. The van der Waals surface area contributed by atoms with Gasteiger partial charge in [-0.25, -0.2) is 0 Å². The predicted octanol–water partition coefficient (Wildman–Crippen LogP) is 4.14. The van der Waals surface area contributed by atoms with E-state index in [1.807, 2.05) is 0 Å². The van der Waals surface area contributed by atoms with Crippen LogP contribution in [-0.4, -0.2) is 13.7 Å². The predicted molar refractivity (Wildman–Crippen MR) is 79.4 cm³/mol. The van der Waals surface area contributed by atoms with E-state index in [1.54, 1.807) is 7.11 Å². The third-order valence-corrected chi connectivity index (χ3v) is 4.79. The second-order valence-electron chi connectivity index (χ2n) is 4.96. The Labute approximate surface area is 118 Å². The summed E-state index contributed by atoms with van der Waals surface area (Å²) >= 11 is 3.78. The molecule has 1 aliphatic rings. The highest BCUT2D eigenvalue weighted by molar-refractivity contribution is 9.10. The Hall–Kier alpha value is -0.540. The Balaban J connectivity index is 2.56. The van der Waals surface area contributed by atoms with Gasteiger partial charge in [-0.15, -0.1) is 0 Å². The van der Waals surface area contributed by atoms with Crippen molar-refractivity contribution in [2.75, 3.05) is 13.7 Å². The maximum atomic E-state index is 5.58. The molecule has 0 fully saturated rings. The molecule has 100 valence electrons. The molecule has 0 amide bonds. The summed E-state index contributed by atoms with van der Waals surface area (Å²) < 4.78 is 6.84. The second kappa shape index (κ2) is 6.07. The van der Waals surface area contributed by atoms with Gasteiger partial charge in [0.2, 0.25) is 0 Å². The molecule has 0 heterocycles. The zero-order valence-corrected chi connectivity index (χ0v) is 13.1. The summed E-state index contributed by atoms with van der Waals surface area (Å²) in [6, 6.07) is 2.60. The van der Waals surface area contributed by atoms with Crippen LogP contribution in [0.2, 0.25) is 0 Å². The highest BCUT2D eigenvalue weighted by atomic mass is 79.9. The van der Waals surface area contributed by atoms with E-state index in [9.17, 15) is 0 Å². The molecule has 1 aromatic carbocycles. The Morgan fingerprint density at radius 1 is 1.44 bits per heavy atom. The number of halogens is 1. The van der Waals surface area contributed by atoms with Crippen molar-refractivity contribution in [1.82, 2.24) is 5.32 Å². The molecule has 18 heavy (non-hydrogen) atoms. The van der Waals surface area contributed by atoms with Crippen molar-refractivity contribution in [2.45, 2.75) is 45.6 Å². The molecule has 3 heteroatoms. The third kappa shape index (κ3) is 2.57. The van der Waals surface area contributed by atoms with Gasteiger partial charge in [0.15, 0.2) is 0 Å². The van der Waals surface area contributed by atoms with Gasteiger partial charge in [-0.05, 0) is 49.9 Å². The van der Waals surface area contributed by atoms with Crippen molar-refractivity contribution in [3.05, 3.63) is 27.2 Å². The number of rotatable bonds is 3. The van der Waals surface area contributed by atoms with Crippen LogP contribution in [0, 0.1) is 6.92 Å². The Morgan fingerprint density at radius 2 is 2.22 bits per heavy atom. The fourth-order valence-corrected chi connectivity index (χ4v) is 3.50. The van der Waals surface area contributed by atoms with Gasteiger partial charge in [-0.3, -0.25) is 0 Å². The minimum absolute atomic E-state index is 0.454. The van der Waals surface area contributed by atoms with E-state index in [1.165, 1.54) is 40.4 Å². The van der Waals surface area contributed by atoms with E-state index in [2.05, 4.69) is 41.2 Å². The van der Waals surface area contributed by atoms with Gasteiger partial charge < -0.3 is 10.1 Å². The zero-order valence-electron chi connectivity index (χ0n) is 11.5. The van der Waals surface area contributed by atoms with Crippen LogP contribution in [0.4, 0.5) is 0 Å². The van der Waals surface area contributed by atoms with E-state index in [4.69, 9.17) is 4.74 Å². The van der Waals surface area contributed by atoms with Crippen molar-refractivity contribution >= 4 is 15.9 Å². The van der Waals surface area contributed by atoms with Crippen molar-refractivity contribution in [1.29, 1.82) is 0 Å². The van der Waals surface area contributed by atoms with Crippen molar-refractivity contribution < 1.29 is 4.74 Å². The summed E-state index contributed by atoms with van der Waals surface area (Å²) in [7, 11) is 1.77. The van der Waals surface area contributed by atoms with Crippen molar-refractivity contribution in [3.8, 4) is 5.75 Å². The quantitative estimate of drug-likeness (QED) is 0.847. The van der Waals surface area contributed by atoms with Crippen molar-refractivity contribution in [3.63, 3.8) is 0 Å². The van der Waals surface area contributed by atoms with E-state index >= 15 is 0 Å². The first-order valence-corrected chi connectivity index (χ1v) is 7.57. The average molecular weight is 312 g/mol. The fourth-order valence-electron chi connectivity index (χ4n) is 2.87. The summed E-state index contributed by atoms with van der Waals surface area (Å²) in [5.74, 6) is 1.05. The lowest BCUT2D eigenvalue weighted by Crippen LogP contribution is -2.22. The molecule has 0 radical (unpaired) electrons. The third-order valence-electron chi connectivity index (χ3n) is 3.74. The molecule has 2 nitrogen and oxygen atoms in total. The molecule has 0 spiro atoms. The molecule has 1 aromatic rings. The van der Waals surface area contributed by atoms with Gasteiger partial charge >= 0.3 is 0 Å². The fraction of sp³-hybridized carbons (Fsp3) is 0.600. The number of fused-ring (bicyclic) bond motifs is 1. The minimum Gasteiger partial charge on any atom is -0.496 e. The summed E-state index contributed by atoms with van der Waals surface area (Å²) in [5.41, 5.74) is 4.07. The highest BCUT2D eigenvalue weighted by Crippen LogP contribution is 2.40. The van der Waals surface area contributed by atoms with Gasteiger partial charge in [0, 0.05) is 16.1 Å². The molecule has 0 saturated heterocycles. The first-order valence-electron chi connectivity index (χ1n) is 6.78. The molecule has 0 saturated carbocycles. The van der Waals surface area contributed by atoms with Crippen LogP contribution < -0.4 is 10.1 Å². The Kier molecular flexibility index (Phi) is 4.68. The monoisotopic (exact) mass is 311 g/mol. The second-order valence-corrected chi connectivity index (χ2v) is 5.75. The number of hydrogen-bond acceptors (Lipinski definition) is 2. The van der Waals surface area contributed by atoms with E-state index < -0.39 is 0 Å². The maximum absolute atomic E-state index is 5.58. The van der Waals surface area contributed by atoms with Crippen LogP contribution >= 0.6 is 15.9 Å². The first kappa shape index (κ1) is 13.9. The molecule has 1 aliphatic carbocycles. The molecule has 0 aliphatic heterocycles. The molecule has 2 rings (SSSR count). The SMILES string of the molecule is CCNC1CCCCc2c(OC)cc(C)c(Br)c21. The molecular formula is C15H22BrNO. The van der Waals surface area contributed by atoms with Gasteiger partial charge in [0.25, 0.3) is 0 Å². The smallest absolute Gasteiger partial charge is 0.122 e. The minimum atomic E-state index is 0.454. The Morgan fingerprint density at radius 3 is 2.89 bits per heavy atom. The maximum Gasteiger partial charge on any atom is 0.122 e. The van der Waals surface area contributed by atoms with Crippen LogP contribution in [-0.2, 0) is 6.42 Å². The van der Waals surface area contributed by atoms with E-state index in [-0.39, 0.29) is 0 Å². The summed E-state index contributed by atoms with van der Waals surface area (Å²) in [5, 5.41) is 3.61. The van der Waals surface area contributed by atoms with Gasteiger partial charge in [0.1, 0.15) is 5.75 Å². The number of ether oxygens (including phenoxy) is 1. The number of hydrogen-bond donors (Lipinski definition) is 1. The lowest BCUT2D eigenvalue weighted by Gasteiger charge is -2.23. The van der Waals surface area contributed by atoms with Crippen molar-refractivity contribution in [2.24, 2.45) is 0 Å². The van der Waals surface area contributed by atoms with Gasteiger partial charge in [-0.2, -0.15) is 0 Å². The van der Waals surface area contributed by atoms with Crippen LogP contribution in [0.1, 0.15) is 48.9 Å². The lowest BCUT2D eigenvalue weighted by atomic mass is 9.95. The van der Waals surface area contributed by atoms with Gasteiger partial charge in [0.05, 0.1) is 7.11 Å². The summed E-state index contributed by atoms with van der Waals surface area (Å²) in [6.45, 7) is 5.32. The number of nitrogens with one attached hydrogen (secondary N) is 1. The topological polar surface area (TPSA) is 21.3 Å². The van der Waals surface area contributed by atoms with Gasteiger partial charge in [-0.1, -0.05) is 29.3 Å². The average Bonchev–Trinajstić information content (AvgIpc) is 2.57.